The third-order valence-corrected chi connectivity index (χ3v) is 2.87. The molecule has 18 heavy (non-hydrogen) atoms. The van der Waals surface area contributed by atoms with Crippen LogP contribution in [-0.4, -0.2) is 32.4 Å². The van der Waals surface area contributed by atoms with Crippen LogP contribution in [0, 0.1) is 6.92 Å². The minimum atomic E-state index is 0.567. The first kappa shape index (κ1) is 15.0. The minimum absolute atomic E-state index is 0.567. The molecule has 0 radical (unpaired) electrons. The van der Waals surface area contributed by atoms with E-state index in [1.807, 2.05) is 24.3 Å². The molecule has 0 fully saturated rings. The van der Waals surface area contributed by atoms with Gasteiger partial charge in [0.2, 0.25) is 0 Å². The summed E-state index contributed by atoms with van der Waals surface area (Å²) < 4.78 is 11.1. The quantitative estimate of drug-likeness (QED) is 0.685. The van der Waals surface area contributed by atoms with Crippen molar-refractivity contribution in [1.29, 1.82) is 0 Å². The van der Waals surface area contributed by atoms with Crippen LogP contribution in [0.3, 0.4) is 0 Å². The zero-order valence-corrected chi connectivity index (χ0v) is 11.7. The summed E-state index contributed by atoms with van der Waals surface area (Å²) >= 11 is 0. The Bertz CT molecular complexity index is 311. The van der Waals surface area contributed by atoms with Crippen molar-refractivity contribution in [2.75, 3.05) is 26.4 Å². The first-order valence-electron chi connectivity index (χ1n) is 6.73. The second-order valence-corrected chi connectivity index (χ2v) is 4.54. The lowest BCUT2D eigenvalue weighted by molar-refractivity contribution is 0.100. The molecule has 3 heteroatoms. The van der Waals surface area contributed by atoms with Gasteiger partial charge in [0.25, 0.3) is 0 Å². The van der Waals surface area contributed by atoms with Gasteiger partial charge in [0.1, 0.15) is 12.4 Å². The smallest absolute Gasteiger partial charge is 0.119 e. The lowest BCUT2D eigenvalue weighted by atomic mass is 10.2. The van der Waals surface area contributed by atoms with Gasteiger partial charge in [0.05, 0.1) is 13.2 Å². The first-order valence-corrected chi connectivity index (χ1v) is 6.73. The molecule has 0 spiro atoms. The molecule has 0 unspecified atom stereocenters. The molecule has 0 aliphatic rings. The molecule has 1 aromatic rings. The highest BCUT2D eigenvalue weighted by Crippen LogP contribution is 2.10. The SMILES string of the molecule is CC[C@H](C)NCCOCCOc1ccc(C)cc1. The Balaban J connectivity index is 1.97. The summed E-state index contributed by atoms with van der Waals surface area (Å²) in [5, 5.41) is 3.38. The lowest BCUT2D eigenvalue weighted by Gasteiger charge is -2.11. The molecule has 1 aromatic carbocycles. The average molecular weight is 251 g/mol. The highest BCUT2D eigenvalue weighted by Gasteiger charge is 1.96. The van der Waals surface area contributed by atoms with E-state index in [0.717, 1.165) is 25.3 Å². The number of rotatable bonds is 9. The maximum atomic E-state index is 5.56. The number of nitrogens with one attached hydrogen (secondary N) is 1. The van der Waals surface area contributed by atoms with Gasteiger partial charge in [0, 0.05) is 12.6 Å². The molecule has 0 aromatic heterocycles. The normalized spacial score (nSPS) is 12.4. The van der Waals surface area contributed by atoms with E-state index >= 15 is 0 Å². The molecule has 3 nitrogen and oxygen atoms in total. The number of benzene rings is 1. The van der Waals surface area contributed by atoms with Crippen molar-refractivity contribution in [2.24, 2.45) is 0 Å². The van der Waals surface area contributed by atoms with Crippen LogP contribution in [0.4, 0.5) is 0 Å². The van der Waals surface area contributed by atoms with Crippen LogP contribution in [0.15, 0.2) is 24.3 Å². The van der Waals surface area contributed by atoms with E-state index in [4.69, 9.17) is 9.47 Å². The molecule has 1 rings (SSSR count). The van der Waals surface area contributed by atoms with Crippen molar-refractivity contribution in [3.8, 4) is 5.75 Å². The summed E-state index contributed by atoms with van der Waals surface area (Å²) in [5.74, 6) is 0.905. The van der Waals surface area contributed by atoms with Crippen LogP contribution in [-0.2, 0) is 4.74 Å². The molecule has 0 heterocycles. The number of hydrogen-bond donors (Lipinski definition) is 1. The standard InChI is InChI=1S/C15H25NO2/c1-4-14(3)16-9-10-17-11-12-18-15-7-5-13(2)6-8-15/h5-8,14,16H,4,9-12H2,1-3H3/t14-/m0/s1. The fraction of sp³-hybridized carbons (Fsp3) is 0.600. The van der Waals surface area contributed by atoms with Crippen LogP contribution < -0.4 is 10.1 Å². The predicted molar refractivity (Wildman–Crippen MR) is 75.2 cm³/mol. The van der Waals surface area contributed by atoms with Gasteiger partial charge < -0.3 is 14.8 Å². The van der Waals surface area contributed by atoms with Gasteiger partial charge >= 0.3 is 0 Å². The van der Waals surface area contributed by atoms with E-state index in [2.05, 4.69) is 26.1 Å². The van der Waals surface area contributed by atoms with Gasteiger partial charge in [-0.2, -0.15) is 0 Å². The van der Waals surface area contributed by atoms with E-state index in [-0.39, 0.29) is 0 Å². The lowest BCUT2D eigenvalue weighted by Crippen LogP contribution is -2.29. The predicted octanol–water partition coefficient (Wildman–Crippen LogP) is 2.78. The monoisotopic (exact) mass is 251 g/mol. The molecule has 1 atom stereocenters. The van der Waals surface area contributed by atoms with Crippen molar-refractivity contribution in [3.63, 3.8) is 0 Å². The zero-order chi connectivity index (χ0) is 13.2. The Labute approximate surface area is 110 Å². The molecule has 0 saturated heterocycles. The van der Waals surface area contributed by atoms with E-state index < -0.39 is 0 Å². The third-order valence-electron chi connectivity index (χ3n) is 2.87. The van der Waals surface area contributed by atoms with E-state index in [1.54, 1.807) is 0 Å². The molecule has 0 saturated carbocycles. The molecule has 0 bridgehead atoms. The Hall–Kier alpha value is -1.06. The Kier molecular flexibility index (Phi) is 7.46. The molecule has 1 N–H and O–H groups in total. The number of ether oxygens (including phenoxy) is 2. The van der Waals surface area contributed by atoms with E-state index in [0.29, 0.717) is 19.3 Å². The summed E-state index contributed by atoms with van der Waals surface area (Å²) in [6.45, 7) is 9.30. The minimum Gasteiger partial charge on any atom is -0.491 e. The van der Waals surface area contributed by atoms with Crippen molar-refractivity contribution < 1.29 is 9.47 Å². The van der Waals surface area contributed by atoms with Crippen LogP contribution in [0.2, 0.25) is 0 Å². The Morgan fingerprint density at radius 3 is 2.50 bits per heavy atom. The van der Waals surface area contributed by atoms with Crippen molar-refractivity contribution in [3.05, 3.63) is 29.8 Å². The van der Waals surface area contributed by atoms with Crippen molar-refractivity contribution in [1.82, 2.24) is 5.32 Å². The maximum Gasteiger partial charge on any atom is 0.119 e. The summed E-state index contributed by atoms with van der Waals surface area (Å²) in [4.78, 5) is 0. The maximum absolute atomic E-state index is 5.56. The van der Waals surface area contributed by atoms with Gasteiger partial charge in [-0.3, -0.25) is 0 Å². The first-order chi connectivity index (χ1) is 8.72. The molecule has 0 amide bonds. The summed E-state index contributed by atoms with van der Waals surface area (Å²) in [6, 6.07) is 8.63. The zero-order valence-electron chi connectivity index (χ0n) is 11.7. The second kappa shape index (κ2) is 8.95. The molecule has 0 aliphatic heterocycles. The van der Waals surface area contributed by atoms with Gasteiger partial charge in [-0.25, -0.2) is 0 Å². The van der Waals surface area contributed by atoms with E-state index in [1.165, 1.54) is 5.56 Å². The fourth-order valence-corrected chi connectivity index (χ4v) is 1.48. The van der Waals surface area contributed by atoms with Crippen molar-refractivity contribution in [2.45, 2.75) is 33.2 Å². The van der Waals surface area contributed by atoms with Gasteiger partial charge in [-0.15, -0.1) is 0 Å². The van der Waals surface area contributed by atoms with E-state index in [9.17, 15) is 0 Å². The second-order valence-electron chi connectivity index (χ2n) is 4.54. The topological polar surface area (TPSA) is 30.5 Å². The molecule has 102 valence electrons. The van der Waals surface area contributed by atoms with Crippen LogP contribution in [0.1, 0.15) is 25.8 Å². The number of aryl methyl sites for hydroxylation is 1. The van der Waals surface area contributed by atoms with Crippen LogP contribution in [0.25, 0.3) is 0 Å². The molecular weight excluding hydrogens is 226 g/mol. The van der Waals surface area contributed by atoms with Crippen LogP contribution >= 0.6 is 0 Å². The third kappa shape index (κ3) is 6.62. The van der Waals surface area contributed by atoms with Gasteiger partial charge in [-0.05, 0) is 32.4 Å². The molecule has 0 aliphatic carbocycles. The summed E-state index contributed by atoms with van der Waals surface area (Å²) in [6.07, 6.45) is 1.15. The summed E-state index contributed by atoms with van der Waals surface area (Å²) in [7, 11) is 0. The largest absolute Gasteiger partial charge is 0.491 e. The number of hydrogen-bond acceptors (Lipinski definition) is 3. The highest BCUT2D eigenvalue weighted by atomic mass is 16.5. The van der Waals surface area contributed by atoms with Gasteiger partial charge in [0.15, 0.2) is 0 Å². The fourth-order valence-electron chi connectivity index (χ4n) is 1.48. The summed E-state index contributed by atoms with van der Waals surface area (Å²) in [5.41, 5.74) is 1.25. The highest BCUT2D eigenvalue weighted by molar-refractivity contribution is 5.26. The van der Waals surface area contributed by atoms with Crippen LogP contribution in [0.5, 0.6) is 5.75 Å². The van der Waals surface area contributed by atoms with Gasteiger partial charge in [-0.1, -0.05) is 24.6 Å². The Morgan fingerprint density at radius 1 is 1.11 bits per heavy atom. The van der Waals surface area contributed by atoms with Crippen molar-refractivity contribution >= 4 is 0 Å². The Morgan fingerprint density at radius 2 is 1.83 bits per heavy atom. The molecular formula is C15H25NO2. The average Bonchev–Trinajstić information content (AvgIpc) is 2.39.